The zero-order valence-corrected chi connectivity index (χ0v) is 15.5. The highest BCUT2D eigenvalue weighted by Crippen LogP contribution is 2.30. The van der Waals surface area contributed by atoms with E-state index in [1.807, 2.05) is 6.07 Å². The number of hydrazone groups is 1. The molecule has 1 amide bonds. The normalized spacial score (nSPS) is 15.2. The Balaban J connectivity index is 1.52. The lowest BCUT2D eigenvalue weighted by atomic mass is 10.0. The van der Waals surface area contributed by atoms with Gasteiger partial charge in [0.1, 0.15) is 17.7 Å². The standard InChI is InChI=1S/C21H18F2N4O2/c1-14(3-2-8-29-20-5-4-15(12-24)13-25-20)21(28)27-19(6-7-26-27)16-9-17(22)11-18(23)10-16/h4-5,7,9-11,13,19H,1-3,6,8H2. The Hall–Kier alpha value is -3.60. The van der Waals surface area contributed by atoms with Gasteiger partial charge in [-0.3, -0.25) is 4.79 Å². The van der Waals surface area contributed by atoms with E-state index in [1.54, 1.807) is 18.3 Å². The second-order valence-corrected chi connectivity index (χ2v) is 6.45. The number of nitriles is 1. The van der Waals surface area contributed by atoms with Crippen molar-refractivity contribution >= 4 is 12.1 Å². The molecule has 0 saturated carbocycles. The number of rotatable bonds is 7. The number of aromatic nitrogens is 1. The van der Waals surface area contributed by atoms with E-state index >= 15 is 0 Å². The first-order valence-corrected chi connectivity index (χ1v) is 8.96. The van der Waals surface area contributed by atoms with Crippen LogP contribution in [0, 0.1) is 23.0 Å². The van der Waals surface area contributed by atoms with E-state index in [9.17, 15) is 13.6 Å². The molecule has 2 aromatic rings. The second kappa shape index (κ2) is 9.06. The number of carbonyl (C=O) groups excluding carboxylic acids is 1. The predicted octanol–water partition coefficient (Wildman–Crippen LogP) is 3.91. The number of halogens is 2. The average Bonchev–Trinajstić information content (AvgIpc) is 3.20. The van der Waals surface area contributed by atoms with Gasteiger partial charge in [-0.05, 0) is 36.6 Å². The quantitative estimate of drug-likeness (QED) is 0.525. The first-order valence-electron chi connectivity index (χ1n) is 8.96. The second-order valence-electron chi connectivity index (χ2n) is 6.45. The highest BCUT2D eigenvalue weighted by molar-refractivity contribution is 5.94. The maximum Gasteiger partial charge on any atom is 0.269 e. The highest BCUT2D eigenvalue weighted by atomic mass is 19.1. The lowest BCUT2D eigenvalue weighted by Gasteiger charge is -2.23. The molecule has 0 radical (unpaired) electrons. The Morgan fingerprint density at radius 1 is 1.31 bits per heavy atom. The summed E-state index contributed by atoms with van der Waals surface area (Å²) in [6.45, 7) is 4.12. The first kappa shape index (κ1) is 20.1. The van der Waals surface area contributed by atoms with Gasteiger partial charge in [0.05, 0.1) is 18.2 Å². The molecule has 148 valence electrons. The minimum Gasteiger partial charge on any atom is -0.478 e. The summed E-state index contributed by atoms with van der Waals surface area (Å²) in [6, 6.07) is 7.79. The molecular weight excluding hydrogens is 378 g/mol. The van der Waals surface area contributed by atoms with Crippen molar-refractivity contribution in [2.75, 3.05) is 6.61 Å². The summed E-state index contributed by atoms with van der Waals surface area (Å²) < 4.78 is 32.5. The van der Waals surface area contributed by atoms with Crippen molar-refractivity contribution in [3.63, 3.8) is 0 Å². The van der Waals surface area contributed by atoms with Gasteiger partial charge in [0.15, 0.2) is 0 Å². The van der Waals surface area contributed by atoms with Gasteiger partial charge in [-0.25, -0.2) is 18.8 Å². The number of hydrogen-bond donors (Lipinski definition) is 0. The molecule has 0 saturated heterocycles. The van der Waals surface area contributed by atoms with Crippen molar-refractivity contribution in [2.24, 2.45) is 5.10 Å². The third-order valence-corrected chi connectivity index (χ3v) is 4.35. The number of carbonyl (C=O) groups is 1. The van der Waals surface area contributed by atoms with Crippen LogP contribution < -0.4 is 4.74 Å². The fraction of sp³-hybridized carbons (Fsp3) is 0.238. The molecule has 0 fully saturated rings. The first-order chi connectivity index (χ1) is 14.0. The Morgan fingerprint density at radius 3 is 2.72 bits per heavy atom. The molecule has 1 aromatic heterocycles. The van der Waals surface area contributed by atoms with Crippen molar-refractivity contribution in [3.05, 3.63) is 71.4 Å². The predicted molar refractivity (Wildman–Crippen MR) is 102 cm³/mol. The van der Waals surface area contributed by atoms with Crippen LogP contribution in [0.25, 0.3) is 0 Å². The summed E-state index contributed by atoms with van der Waals surface area (Å²) in [7, 11) is 0. The molecule has 29 heavy (non-hydrogen) atoms. The number of hydrogen-bond acceptors (Lipinski definition) is 5. The van der Waals surface area contributed by atoms with E-state index in [0.717, 1.165) is 6.07 Å². The summed E-state index contributed by atoms with van der Waals surface area (Å²) in [5, 5.41) is 14.0. The molecule has 2 heterocycles. The SMILES string of the molecule is C=C(CCCOc1ccc(C#N)cn1)C(=O)N1N=CCC1c1cc(F)cc(F)c1. The van der Waals surface area contributed by atoms with Crippen molar-refractivity contribution in [3.8, 4) is 11.9 Å². The zero-order chi connectivity index (χ0) is 20.8. The Bertz CT molecular complexity index is 963. The van der Waals surface area contributed by atoms with E-state index in [0.29, 0.717) is 48.4 Å². The van der Waals surface area contributed by atoms with Gasteiger partial charge in [-0.2, -0.15) is 10.4 Å². The third kappa shape index (κ3) is 5.02. The van der Waals surface area contributed by atoms with Crippen LogP contribution in [0.5, 0.6) is 5.88 Å². The Morgan fingerprint density at radius 2 is 2.07 bits per heavy atom. The highest BCUT2D eigenvalue weighted by Gasteiger charge is 2.30. The van der Waals surface area contributed by atoms with Crippen LogP contribution in [-0.4, -0.2) is 28.7 Å². The molecule has 1 unspecified atom stereocenters. The lowest BCUT2D eigenvalue weighted by Crippen LogP contribution is -2.28. The molecule has 6 nitrogen and oxygen atoms in total. The Kier molecular flexibility index (Phi) is 6.29. The van der Waals surface area contributed by atoms with E-state index in [1.165, 1.54) is 23.3 Å². The van der Waals surface area contributed by atoms with Crippen molar-refractivity contribution in [2.45, 2.75) is 25.3 Å². The summed E-state index contributed by atoms with van der Waals surface area (Å²) in [5.41, 5.74) is 1.11. The van der Waals surface area contributed by atoms with Gasteiger partial charge in [0, 0.05) is 36.5 Å². The summed E-state index contributed by atoms with van der Waals surface area (Å²) in [6.07, 6.45) is 4.21. The lowest BCUT2D eigenvalue weighted by molar-refractivity contribution is -0.129. The van der Waals surface area contributed by atoms with Crippen LogP contribution in [0.3, 0.4) is 0 Å². The summed E-state index contributed by atoms with van der Waals surface area (Å²) >= 11 is 0. The molecule has 0 spiro atoms. The van der Waals surface area contributed by atoms with Gasteiger partial charge in [0.25, 0.3) is 5.91 Å². The van der Waals surface area contributed by atoms with Gasteiger partial charge < -0.3 is 4.74 Å². The zero-order valence-electron chi connectivity index (χ0n) is 15.5. The van der Waals surface area contributed by atoms with Gasteiger partial charge in [-0.1, -0.05) is 6.58 Å². The molecule has 1 atom stereocenters. The largest absolute Gasteiger partial charge is 0.478 e. The number of nitrogens with zero attached hydrogens (tertiary/aromatic N) is 4. The van der Waals surface area contributed by atoms with E-state index in [-0.39, 0.29) is 0 Å². The van der Waals surface area contributed by atoms with E-state index in [4.69, 9.17) is 10.00 Å². The fourth-order valence-electron chi connectivity index (χ4n) is 2.92. The van der Waals surface area contributed by atoms with Crippen LogP contribution in [0.4, 0.5) is 8.78 Å². The molecule has 0 N–H and O–H groups in total. The molecule has 0 aliphatic carbocycles. The molecule has 8 heteroatoms. The van der Waals surface area contributed by atoms with Gasteiger partial charge in [0.2, 0.25) is 5.88 Å². The average molecular weight is 396 g/mol. The topological polar surface area (TPSA) is 78.6 Å². The monoisotopic (exact) mass is 396 g/mol. The molecule has 1 aromatic carbocycles. The molecule has 1 aliphatic rings. The minimum atomic E-state index is -0.702. The van der Waals surface area contributed by atoms with Crippen LogP contribution in [-0.2, 0) is 4.79 Å². The molecule has 1 aliphatic heterocycles. The third-order valence-electron chi connectivity index (χ3n) is 4.35. The van der Waals surface area contributed by atoms with Crippen molar-refractivity contribution in [1.82, 2.24) is 9.99 Å². The number of ether oxygens (including phenoxy) is 1. The van der Waals surface area contributed by atoms with Crippen molar-refractivity contribution in [1.29, 1.82) is 5.26 Å². The number of pyridine rings is 1. The Labute approximate surface area is 166 Å². The number of benzene rings is 1. The van der Waals surface area contributed by atoms with Crippen LogP contribution in [0.2, 0.25) is 0 Å². The van der Waals surface area contributed by atoms with Gasteiger partial charge >= 0.3 is 0 Å². The minimum absolute atomic E-state index is 0.313. The maximum atomic E-state index is 13.5. The van der Waals surface area contributed by atoms with Crippen LogP contribution in [0.1, 0.15) is 36.4 Å². The molecule has 3 rings (SSSR count). The molecule has 0 bridgehead atoms. The summed E-state index contributed by atoms with van der Waals surface area (Å²) in [5.74, 6) is -1.42. The fourth-order valence-corrected chi connectivity index (χ4v) is 2.92. The van der Waals surface area contributed by atoms with Crippen LogP contribution in [0.15, 0.2) is 53.8 Å². The van der Waals surface area contributed by atoms with Crippen LogP contribution >= 0.6 is 0 Å². The smallest absolute Gasteiger partial charge is 0.269 e. The van der Waals surface area contributed by atoms with Crippen molar-refractivity contribution < 1.29 is 18.3 Å². The summed E-state index contributed by atoms with van der Waals surface area (Å²) in [4.78, 5) is 16.7. The van der Waals surface area contributed by atoms with E-state index in [2.05, 4.69) is 16.7 Å². The maximum absolute atomic E-state index is 13.5. The number of amides is 1. The molecular formula is C21H18F2N4O2. The van der Waals surface area contributed by atoms with Gasteiger partial charge in [-0.15, -0.1) is 0 Å². The van der Waals surface area contributed by atoms with E-state index < -0.39 is 23.6 Å².